The second-order valence-electron chi connectivity index (χ2n) is 6.66. The molecule has 0 aromatic carbocycles. The number of nitrogens with one attached hydrogen (secondary N) is 2. The van der Waals surface area contributed by atoms with Crippen molar-refractivity contribution in [2.75, 3.05) is 32.7 Å². The van der Waals surface area contributed by atoms with Gasteiger partial charge in [-0.05, 0) is 62.4 Å². The molecular weight excluding hydrogens is 378 g/mol. The van der Waals surface area contributed by atoms with Crippen LogP contribution in [0.3, 0.4) is 0 Å². The summed E-state index contributed by atoms with van der Waals surface area (Å²) in [7, 11) is 0. The van der Waals surface area contributed by atoms with Gasteiger partial charge < -0.3 is 10.6 Å². The molecule has 0 aliphatic carbocycles. The lowest BCUT2D eigenvalue weighted by molar-refractivity contribution is 0.255. The molecule has 1 unspecified atom stereocenters. The Morgan fingerprint density at radius 1 is 1.30 bits per heavy atom. The van der Waals surface area contributed by atoms with Crippen molar-refractivity contribution in [3.63, 3.8) is 0 Å². The average molecular weight is 406 g/mol. The number of likely N-dealkylation sites (tertiary alicyclic amines) is 1. The van der Waals surface area contributed by atoms with Crippen molar-refractivity contribution in [2.45, 2.75) is 32.2 Å². The van der Waals surface area contributed by atoms with Gasteiger partial charge in [0.15, 0.2) is 5.96 Å². The Balaban J connectivity index is 1.58. The smallest absolute Gasteiger partial charge is 0.191 e. The van der Waals surface area contributed by atoms with Crippen molar-refractivity contribution < 1.29 is 0 Å². The number of aromatic nitrogens is 1. The topological polar surface area (TPSA) is 52.6 Å². The molecule has 3 rings (SSSR count). The lowest BCUT2D eigenvalue weighted by atomic mass is 10.2. The van der Waals surface area contributed by atoms with Gasteiger partial charge in [0.25, 0.3) is 0 Å². The van der Waals surface area contributed by atoms with Crippen molar-refractivity contribution in [3.8, 4) is 0 Å². The Hall–Kier alpha value is -1.63. The number of rotatable bonds is 8. The van der Waals surface area contributed by atoms with Gasteiger partial charge in [0.2, 0.25) is 0 Å². The van der Waals surface area contributed by atoms with Crippen LogP contribution in [0.5, 0.6) is 0 Å². The molecule has 1 fully saturated rings. The van der Waals surface area contributed by atoms with Gasteiger partial charge in [0, 0.05) is 24.2 Å². The SMILES string of the molecule is CCNC(=NCC(c1cccs1)N1CCCC1)NCCc1ccc(Cl)nc1. The zero-order chi connectivity index (χ0) is 18.9. The third kappa shape index (κ3) is 6.19. The summed E-state index contributed by atoms with van der Waals surface area (Å²) >= 11 is 7.68. The van der Waals surface area contributed by atoms with E-state index in [0.29, 0.717) is 11.2 Å². The first-order chi connectivity index (χ1) is 13.3. The predicted molar refractivity (Wildman–Crippen MR) is 115 cm³/mol. The molecule has 1 aliphatic rings. The molecule has 1 atom stereocenters. The third-order valence-electron chi connectivity index (χ3n) is 4.71. The van der Waals surface area contributed by atoms with Crippen LogP contribution in [0, 0.1) is 0 Å². The summed E-state index contributed by atoms with van der Waals surface area (Å²) in [5, 5.41) is 9.48. The van der Waals surface area contributed by atoms with E-state index in [9.17, 15) is 0 Å². The molecule has 0 bridgehead atoms. The van der Waals surface area contributed by atoms with E-state index in [1.165, 1.54) is 30.8 Å². The van der Waals surface area contributed by atoms with Crippen LogP contribution in [0.4, 0.5) is 0 Å². The Labute approximate surface area is 170 Å². The molecule has 2 aromatic rings. The van der Waals surface area contributed by atoms with Crippen molar-refractivity contribution in [2.24, 2.45) is 4.99 Å². The molecule has 3 heterocycles. The Kier molecular flexibility index (Phi) is 7.93. The van der Waals surface area contributed by atoms with Gasteiger partial charge in [-0.25, -0.2) is 4.98 Å². The van der Waals surface area contributed by atoms with E-state index in [0.717, 1.165) is 37.6 Å². The van der Waals surface area contributed by atoms with E-state index < -0.39 is 0 Å². The molecule has 2 N–H and O–H groups in total. The quantitative estimate of drug-likeness (QED) is 0.399. The number of guanidine groups is 1. The number of hydrogen-bond donors (Lipinski definition) is 2. The van der Waals surface area contributed by atoms with E-state index in [-0.39, 0.29) is 0 Å². The van der Waals surface area contributed by atoms with Gasteiger partial charge in [-0.15, -0.1) is 11.3 Å². The Bertz CT molecular complexity index is 696. The van der Waals surface area contributed by atoms with Crippen LogP contribution in [0.2, 0.25) is 5.15 Å². The number of halogens is 1. The molecule has 0 spiro atoms. The number of thiophene rings is 1. The van der Waals surface area contributed by atoms with E-state index >= 15 is 0 Å². The number of pyridine rings is 1. The highest BCUT2D eigenvalue weighted by Gasteiger charge is 2.24. The van der Waals surface area contributed by atoms with E-state index in [1.54, 1.807) is 0 Å². The monoisotopic (exact) mass is 405 g/mol. The molecule has 7 heteroatoms. The van der Waals surface area contributed by atoms with Crippen molar-refractivity contribution in [1.82, 2.24) is 20.5 Å². The maximum atomic E-state index is 5.85. The molecule has 2 aromatic heterocycles. The fourth-order valence-electron chi connectivity index (χ4n) is 3.32. The number of hydrogen-bond acceptors (Lipinski definition) is 4. The molecule has 1 saturated heterocycles. The van der Waals surface area contributed by atoms with Crippen LogP contribution in [-0.4, -0.2) is 48.6 Å². The minimum Gasteiger partial charge on any atom is -0.357 e. The van der Waals surface area contributed by atoms with Gasteiger partial charge in [-0.1, -0.05) is 23.7 Å². The van der Waals surface area contributed by atoms with Crippen molar-refractivity contribution in [1.29, 1.82) is 0 Å². The Morgan fingerprint density at radius 3 is 2.81 bits per heavy atom. The van der Waals surface area contributed by atoms with E-state index in [2.05, 4.69) is 45.0 Å². The largest absolute Gasteiger partial charge is 0.357 e. The first-order valence-corrected chi connectivity index (χ1v) is 10.9. The summed E-state index contributed by atoms with van der Waals surface area (Å²) in [4.78, 5) is 13.0. The molecule has 146 valence electrons. The van der Waals surface area contributed by atoms with Crippen LogP contribution in [-0.2, 0) is 6.42 Å². The maximum absolute atomic E-state index is 5.85. The highest BCUT2D eigenvalue weighted by Crippen LogP contribution is 2.28. The number of aliphatic imine (C=N–C) groups is 1. The zero-order valence-corrected chi connectivity index (χ0v) is 17.4. The second-order valence-corrected chi connectivity index (χ2v) is 8.03. The summed E-state index contributed by atoms with van der Waals surface area (Å²) < 4.78 is 0. The van der Waals surface area contributed by atoms with Gasteiger partial charge in [0.1, 0.15) is 5.15 Å². The standard InChI is InChI=1S/C20H28ClN5S/c1-2-22-20(23-10-9-16-7-8-19(21)24-14-16)25-15-17(18-6-5-13-27-18)26-11-3-4-12-26/h5-8,13-14,17H,2-4,9-12,15H2,1H3,(H2,22,23,25). The van der Waals surface area contributed by atoms with Gasteiger partial charge >= 0.3 is 0 Å². The molecule has 5 nitrogen and oxygen atoms in total. The van der Waals surface area contributed by atoms with Crippen molar-refractivity contribution >= 4 is 28.9 Å². The third-order valence-corrected chi connectivity index (χ3v) is 5.91. The highest BCUT2D eigenvalue weighted by atomic mass is 35.5. The van der Waals surface area contributed by atoms with Gasteiger partial charge in [-0.3, -0.25) is 9.89 Å². The number of nitrogens with zero attached hydrogens (tertiary/aromatic N) is 3. The first kappa shape index (κ1) is 20.1. The van der Waals surface area contributed by atoms with Crippen molar-refractivity contribution in [3.05, 3.63) is 51.4 Å². The van der Waals surface area contributed by atoms with Crippen LogP contribution in [0.1, 0.15) is 36.2 Å². The summed E-state index contributed by atoms with van der Waals surface area (Å²) in [5.74, 6) is 0.875. The van der Waals surface area contributed by atoms with Crippen LogP contribution in [0.25, 0.3) is 0 Å². The summed E-state index contributed by atoms with van der Waals surface area (Å²) in [6, 6.07) is 8.59. The predicted octanol–water partition coefficient (Wildman–Crippen LogP) is 3.73. The summed E-state index contributed by atoms with van der Waals surface area (Å²) in [6.07, 6.45) is 5.29. The lowest BCUT2D eigenvalue weighted by Crippen LogP contribution is -2.39. The van der Waals surface area contributed by atoms with Gasteiger partial charge in [-0.2, -0.15) is 0 Å². The van der Waals surface area contributed by atoms with Crippen LogP contribution < -0.4 is 10.6 Å². The minimum absolute atomic E-state index is 0.378. The average Bonchev–Trinajstić information content (AvgIpc) is 3.38. The molecule has 0 saturated carbocycles. The molecule has 27 heavy (non-hydrogen) atoms. The Morgan fingerprint density at radius 2 is 2.15 bits per heavy atom. The lowest BCUT2D eigenvalue weighted by Gasteiger charge is -2.25. The van der Waals surface area contributed by atoms with E-state index in [1.807, 2.05) is 29.7 Å². The fraction of sp³-hybridized carbons (Fsp3) is 0.500. The maximum Gasteiger partial charge on any atom is 0.191 e. The molecule has 0 amide bonds. The summed E-state index contributed by atoms with van der Waals surface area (Å²) in [6.45, 7) is 6.87. The van der Waals surface area contributed by atoms with Crippen LogP contribution >= 0.6 is 22.9 Å². The summed E-state index contributed by atoms with van der Waals surface area (Å²) in [5.41, 5.74) is 1.16. The van der Waals surface area contributed by atoms with E-state index in [4.69, 9.17) is 16.6 Å². The highest BCUT2D eigenvalue weighted by molar-refractivity contribution is 7.10. The fourth-order valence-corrected chi connectivity index (χ4v) is 4.28. The molecule has 1 aliphatic heterocycles. The van der Waals surface area contributed by atoms with Crippen LogP contribution in [0.15, 0.2) is 40.8 Å². The zero-order valence-electron chi connectivity index (χ0n) is 15.8. The molecular formula is C20H28ClN5S. The molecule has 0 radical (unpaired) electrons. The first-order valence-electron chi connectivity index (χ1n) is 9.66. The van der Waals surface area contributed by atoms with Gasteiger partial charge in [0.05, 0.1) is 12.6 Å². The normalized spacial score (nSPS) is 16.4. The minimum atomic E-state index is 0.378. The second kappa shape index (κ2) is 10.6.